The van der Waals surface area contributed by atoms with Gasteiger partial charge in [-0.2, -0.15) is 5.26 Å². The molecule has 2 amide bonds. The SMILES string of the molecule is CCN(C(=O)C(C#N)CC(=O)N1CCCCCC1)c1ccccc1. The number of carbonyl (C=O) groups excluding carboxylic acids is 2. The topological polar surface area (TPSA) is 64.4 Å². The summed E-state index contributed by atoms with van der Waals surface area (Å²) in [6.45, 7) is 3.82. The number of rotatable bonds is 5. The van der Waals surface area contributed by atoms with E-state index in [1.165, 1.54) is 0 Å². The third kappa shape index (κ3) is 4.58. The summed E-state index contributed by atoms with van der Waals surface area (Å²) < 4.78 is 0. The number of anilines is 1. The van der Waals surface area contributed by atoms with E-state index in [1.54, 1.807) is 4.90 Å². The molecule has 0 radical (unpaired) electrons. The van der Waals surface area contributed by atoms with Crippen LogP contribution in [0.2, 0.25) is 0 Å². The van der Waals surface area contributed by atoms with Gasteiger partial charge in [-0.1, -0.05) is 31.0 Å². The van der Waals surface area contributed by atoms with Crippen molar-refractivity contribution in [1.82, 2.24) is 4.90 Å². The second-order valence-electron chi connectivity index (χ2n) is 6.10. The maximum atomic E-state index is 12.7. The molecule has 0 N–H and O–H groups in total. The molecule has 1 aliphatic rings. The van der Waals surface area contributed by atoms with E-state index in [9.17, 15) is 14.9 Å². The van der Waals surface area contributed by atoms with Crippen LogP contribution in [0.25, 0.3) is 0 Å². The summed E-state index contributed by atoms with van der Waals surface area (Å²) in [7, 11) is 0. The van der Waals surface area contributed by atoms with Gasteiger partial charge in [0.2, 0.25) is 11.8 Å². The van der Waals surface area contributed by atoms with Crippen LogP contribution in [0.5, 0.6) is 0 Å². The Labute approximate surface area is 143 Å². The van der Waals surface area contributed by atoms with Crippen molar-refractivity contribution in [2.75, 3.05) is 24.5 Å². The molecule has 0 aromatic heterocycles. The van der Waals surface area contributed by atoms with E-state index >= 15 is 0 Å². The van der Waals surface area contributed by atoms with Gasteiger partial charge in [0, 0.05) is 25.3 Å². The highest BCUT2D eigenvalue weighted by atomic mass is 16.2. The molecule has 1 fully saturated rings. The fraction of sp³-hybridized carbons (Fsp3) is 0.526. The summed E-state index contributed by atoms with van der Waals surface area (Å²) in [6, 6.07) is 11.3. The number of hydrogen-bond donors (Lipinski definition) is 0. The Hall–Kier alpha value is -2.35. The fourth-order valence-electron chi connectivity index (χ4n) is 3.07. The van der Waals surface area contributed by atoms with Gasteiger partial charge in [0.1, 0.15) is 5.92 Å². The van der Waals surface area contributed by atoms with Gasteiger partial charge in [0.25, 0.3) is 0 Å². The summed E-state index contributed by atoms with van der Waals surface area (Å²) in [4.78, 5) is 28.6. The highest BCUT2D eigenvalue weighted by Crippen LogP contribution is 2.19. The molecule has 5 nitrogen and oxygen atoms in total. The van der Waals surface area contributed by atoms with Crippen LogP contribution in [0, 0.1) is 17.2 Å². The predicted molar refractivity (Wildman–Crippen MR) is 93.2 cm³/mol. The zero-order valence-electron chi connectivity index (χ0n) is 14.3. The van der Waals surface area contributed by atoms with E-state index in [1.807, 2.05) is 48.2 Å². The molecule has 1 aromatic carbocycles. The molecule has 2 rings (SSSR count). The molecule has 128 valence electrons. The molecule has 0 spiro atoms. The van der Waals surface area contributed by atoms with Crippen molar-refractivity contribution in [3.05, 3.63) is 30.3 Å². The Morgan fingerprint density at radius 1 is 1.17 bits per heavy atom. The maximum Gasteiger partial charge on any atom is 0.244 e. The van der Waals surface area contributed by atoms with Crippen molar-refractivity contribution < 1.29 is 9.59 Å². The van der Waals surface area contributed by atoms with Crippen molar-refractivity contribution >= 4 is 17.5 Å². The van der Waals surface area contributed by atoms with Crippen molar-refractivity contribution in [3.8, 4) is 6.07 Å². The van der Waals surface area contributed by atoms with Crippen LogP contribution in [0.1, 0.15) is 39.0 Å². The van der Waals surface area contributed by atoms with Gasteiger partial charge >= 0.3 is 0 Å². The second kappa shape index (κ2) is 9.07. The molecule has 0 saturated carbocycles. The van der Waals surface area contributed by atoms with E-state index in [-0.39, 0.29) is 18.2 Å². The van der Waals surface area contributed by atoms with E-state index < -0.39 is 5.92 Å². The first-order valence-electron chi connectivity index (χ1n) is 8.71. The summed E-state index contributed by atoms with van der Waals surface area (Å²) in [5, 5.41) is 9.42. The average molecular weight is 327 g/mol. The highest BCUT2D eigenvalue weighted by molar-refractivity contribution is 5.98. The van der Waals surface area contributed by atoms with Gasteiger partial charge in [-0.15, -0.1) is 0 Å². The second-order valence-corrected chi connectivity index (χ2v) is 6.10. The number of benzene rings is 1. The number of para-hydroxylation sites is 1. The van der Waals surface area contributed by atoms with Crippen molar-refractivity contribution in [3.63, 3.8) is 0 Å². The first-order chi connectivity index (χ1) is 11.7. The summed E-state index contributed by atoms with van der Waals surface area (Å²) in [5.41, 5.74) is 0.757. The van der Waals surface area contributed by atoms with Crippen LogP contribution in [0.4, 0.5) is 5.69 Å². The molecule has 0 bridgehead atoms. The lowest BCUT2D eigenvalue weighted by Gasteiger charge is -2.25. The molecule has 0 aliphatic carbocycles. The molecule has 5 heteroatoms. The molecular formula is C19H25N3O2. The van der Waals surface area contributed by atoms with E-state index in [4.69, 9.17) is 0 Å². The third-order valence-corrected chi connectivity index (χ3v) is 4.44. The minimum atomic E-state index is -0.930. The average Bonchev–Trinajstić information content (AvgIpc) is 2.90. The van der Waals surface area contributed by atoms with Crippen LogP contribution >= 0.6 is 0 Å². The molecule has 1 aliphatic heterocycles. The quantitative estimate of drug-likeness (QED) is 0.835. The van der Waals surface area contributed by atoms with Crippen LogP contribution < -0.4 is 4.90 Å². The lowest BCUT2D eigenvalue weighted by Crippen LogP contribution is -2.39. The monoisotopic (exact) mass is 327 g/mol. The van der Waals surface area contributed by atoms with E-state index in [0.717, 1.165) is 44.5 Å². The molecular weight excluding hydrogens is 302 g/mol. The molecule has 1 unspecified atom stereocenters. The maximum absolute atomic E-state index is 12.7. The number of nitriles is 1. The van der Waals surface area contributed by atoms with Crippen molar-refractivity contribution in [2.45, 2.75) is 39.0 Å². The first kappa shape index (κ1) is 18.0. The Bertz CT molecular complexity index is 586. The standard InChI is InChI=1S/C19H25N3O2/c1-2-22(17-10-6-5-7-11-17)19(24)16(15-20)14-18(23)21-12-8-3-4-9-13-21/h5-7,10-11,16H,2-4,8-9,12-14H2,1H3. The number of hydrogen-bond acceptors (Lipinski definition) is 3. The minimum Gasteiger partial charge on any atom is -0.343 e. The van der Waals surface area contributed by atoms with Crippen LogP contribution in [-0.4, -0.2) is 36.3 Å². The molecule has 1 atom stereocenters. The van der Waals surface area contributed by atoms with Gasteiger partial charge < -0.3 is 9.80 Å². The Balaban J connectivity index is 2.05. The summed E-state index contributed by atoms with van der Waals surface area (Å²) in [5.74, 6) is -1.31. The van der Waals surface area contributed by atoms with E-state index in [0.29, 0.717) is 6.54 Å². The van der Waals surface area contributed by atoms with Gasteiger partial charge in [0.15, 0.2) is 0 Å². The van der Waals surface area contributed by atoms with Crippen molar-refractivity contribution in [1.29, 1.82) is 5.26 Å². The van der Waals surface area contributed by atoms with Crippen LogP contribution in [-0.2, 0) is 9.59 Å². The zero-order valence-corrected chi connectivity index (χ0v) is 14.3. The minimum absolute atomic E-state index is 0.0291. The Morgan fingerprint density at radius 2 is 1.79 bits per heavy atom. The number of carbonyl (C=O) groups is 2. The Kier molecular flexibility index (Phi) is 6.80. The fourth-order valence-corrected chi connectivity index (χ4v) is 3.07. The first-order valence-corrected chi connectivity index (χ1v) is 8.71. The van der Waals surface area contributed by atoms with Crippen LogP contribution in [0.3, 0.4) is 0 Å². The largest absolute Gasteiger partial charge is 0.343 e. The van der Waals surface area contributed by atoms with Crippen LogP contribution in [0.15, 0.2) is 30.3 Å². The van der Waals surface area contributed by atoms with Gasteiger partial charge in [0.05, 0.1) is 12.5 Å². The summed E-state index contributed by atoms with van der Waals surface area (Å²) >= 11 is 0. The van der Waals surface area contributed by atoms with Gasteiger partial charge in [-0.05, 0) is 31.9 Å². The Morgan fingerprint density at radius 3 is 2.33 bits per heavy atom. The normalized spacial score (nSPS) is 15.9. The predicted octanol–water partition coefficient (Wildman–Crippen LogP) is 2.97. The molecule has 1 heterocycles. The number of nitrogens with zero attached hydrogens (tertiary/aromatic N) is 3. The lowest BCUT2D eigenvalue weighted by atomic mass is 10.0. The van der Waals surface area contributed by atoms with Gasteiger partial charge in [-0.3, -0.25) is 9.59 Å². The van der Waals surface area contributed by atoms with Crippen molar-refractivity contribution in [2.24, 2.45) is 5.92 Å². The smallest absolute Gasteiger partial charge is 0.244 e. The highest BCUT2D eigenvalue weighted by Gasteiger charge is 2.28. The van der Waals surface area contributed by atoms with Gasteiger partial charge in [-0.25, -0.2) is 0 Å². The molecule has 1 saturated heterocycles. The van der Waals surface area contributed by atoms with E-state index in [2.05, 4.69) is 0 Å². The number of likely N-dealkylation sites (tertiary alicyclic amines) is 1. The third-order valence-electron chi connectivity index (χ3n) is 4.44. The zero-order chi connectivity index (χ0) is 17.4. The number of amides is 2. The molecule has 1 aromatic rings. The summed E-state index contributed by atoms with van der Waals surface area (Å²) in [6.07, 6.45) is 4.26. The molecule has 24 heavy (non-hydrogen) atoms. The lowest BCUT2D eigenvalue weighted by molar-refractivity contribution is -0.134.